The number of H-pyrrole nitrogens is 1. The van der Waals surface area contributed by atoms with E-state index in [1.807, 2.05) is 31.2 Å². The third-order valence-corrected chi connectivity index (χ3v) is 5.63. The Morgan fingerprint density at radius 1 is 1.33 bits per heavy atom. The van der Waals surface area contributed by atoms with Gasteiger partial charge in [0.15, 0.2) is 0 Å². The van der Waals surface area contributed by atoms with E-state index in [1.54, 1.807) is 0 Å². The van der Waals surface area contributed by atoms with E-state index in [9.17, 15) is 4.79 Å². The van der Waals surface area contributed by atoms with E-state index in [0.717, 1.165) is 43.1 Å². The highest BCUT2D eigenvalue weighted by atomic mass is 16.5. The minimum atomic E-state index is -0.197. The number of piperidine rings is 1. The van der Waals surface area contributed by atoms with E-state index in [4.69, 9.17) is 15.5 Å². The van der Waals surface area contributed by atoms with Crippen molar-refractivity contribution >= 4 is 28.4 Å². The number of hydrogen-bond acceptors (Lipinski definition) is 7. The van der Waals surface area contributed by atoms with Crippen LogP contribution in [0.15, 0.2) is 34.1 Å². The Bertz CT molecular complexity index is 1180. The summed E-state index contributed by atoms with van der Waals surface area (Å²) in [6, 6.07) is 7.79. The summed E-state index contributed by atoms with van der Waals surface area (Å²) in [5.74, 6) is 1.45. The van der Waals surface area contributed by atoms with Crippen molar-refractivity contribution in [3.05, 3.63) is 40.3 Å². The van der Waals surface area contributed by atoms with Crippen LogP contribution in [-0.4, -0.2) is 51.2 Å². The summed E-state index contributed by atoms with van der Waals surface area (Å²) in [6.07, 6.45) is 2.67. The SMILES string of the molecule is Cc1nn(CC2=Nc3ccccc3OCC2)c(=O)c2[nH]c(N3CCCC(N)C3)nc12. The van der Waals surface area contributed by atoms with Gasteiger partial charge in [-0.1, -0.05) is 12.1 Å². The molecule has 0 aliphatic carbocycles. The molecule has 2 aliphatic rings. The van der Waals surface area contributed by atoms with Crippen molar-refractivity contribution < 1.29 is 4.74 Å². The van der Waals surface area contributed by atoms with Gasteiger partial charge in [-0.05, 0) is 31.9 Å². The number of benzene rings is 1. The Labute approximate surface area is 173 Å². The summed E-state index contributed by atoms with van der Waals surface area (Å²) in [5, 5.41) is 4.51. The van der Waals surface area contributed by atoms with Crippen molar-refractivity contribution in [3.63, 3.8) is 0 Å². The van der Waals surface area contributed by atoms with Crippen molar-refractivity contribution in [2.24, 2.45) is 10.7 Å². The molecule has 3 aromatic rings. The fourth-order valence-corrected chi connectivity index (χ4v) is 4.10. The molecule has 30 heavy (non-hydrogen) atoms. The summed E-state index contributed by atoms with van der Waals surface area (Å²) in [4.78, 5) is 27.8. The molecule has 0 bridgehead atoms. The molecular formula is C21H25N7O2. The highest BCUT2D eigenvalue weighted by Gasteiger charge is 2.22. The summed E-state index contributed by atoms with van der Waals surface area (Å²) in [7, 11) is 0. The van der Waals surface area contributed by atoms with Gasteiger partial charge in [0.1, 0.15) is 22.5 Å². The highest BCUT2D eigenvalue weighted by Crippen LogP contribution is 2.29. The lowest BCUT2D eigenvalue weighted by atomic mass is 10.1. The minimum Gasteiger partial charge on any atom is -0.491 e. The van der Waals surface area contributed by atoms with Gasteiger partial charge in [0.2, 0.25) is 5.95 Å². The topological polar surface area (TPSA) is 114 Å². The number of hydrogen-bond donors (Lipinski definition) is 2. The van der Waals surface area contributed by atoms with Gasteiger partial charge in [0.25, 0.3) is 5.56 Å². The highest BCUT2D eigenvalue weighted by molar-refractivity contribution is 5.88. The molecule has 2 aliphatic heterocycles. The summed E-state index contributed by atoms with van der Waals surface area (Å²) in [5.41, 5.74) is 9.34. The van der Waals surface area contributed by atoms with Crippen LogP contribution in [0.1, 0.15) is 25.0 Å². The predicted octanol–water partition coefficient (Wildman–Crippen LogP) is 1.91. The van der Waals surface area contributed by atoms with E-state index < -0.39 is 0 Å². The Morgan fingerprint density at radius 3 is 3.07 bits per heavy atom. The predicted molar refractivity (Wildman–Crippen MR) is 116 cm³/mol. The van der Waals surface area contributed by atoms with E-state index >= 15 is 0 Å². The van der Waals surface area contributed by atoms with Gasteiger partial charge >= 0.3 is 0 Å². The lowest BCUT2D eigenvalue weighted by Gasteiger charge is -2.30. The first-order chi connectivity index (χ1) is 14.6. The van der Waals surface area contributed by atoms with Gasteiger partial charge in [-0.2, -0.15) is 5.10 Å². The molecule has 1 saturated heterocycles. The number of aryl methyl sites for hydroxylation is 1. The molecule has 5 rings (SSSR count). The van der Waals surface area contributed by atoms with Gasteiger partial charge in [-0.3, -0.25) is 9.79 Å². The number of ether oxygens (including phenoxy) is 1. The molecule has 1 fully saturated rings. The molecule has 9 nitrogen and oxygen atoms in total. The molecule has 2 aromatic heterocycles. The Balaban J connectivity index is 1.49. The van der Waals surface area contributed by atoms with Crippen molar-refractivity contribution in [1.29, 1.82) is 0 Å². The molecule has 156 valence electrons. The maximum absolute atomic E-state index is 13.1. The van der Waals surface area contributed by atoms with Crippen LogP contribution in [0.2, 0.25) is 0 Å². The summed E-state index contributed by atoms with van der Waals surface area (Å²) >= 11 is 0. The molecule has 0 spiro atoms. The number of anilines is 1. The molecule has 1 unspecified atom stereocenters. The number of para-hydroxylation sites is 2. The number of nitrogens with one attached hydrogen (secondary N) is 1. The summed E-state index contributed by atoms with van der Waals surface area (Å²) < 4.78 is 7.23. The third kappa shape index (κ3) is 3.45. The maximum atomic E-state index is 13.1. The first-order valence-electron chi connectivity index (χ1n) is 10.3. The van der Waals surface area contributed by atoms with E-state index in [1.165, 1.54) is 4.68 Å². The second-order valence-electron chi connectivity index (χ2n) is 7.92. The number of nitrogens with zero attached hydrogens (tertiary/aromatic N) is 5. The molecule has 4 heterocycles. The van der Waals surface area contributed by atoms with Crippen LogP contribution >= 0.6 is 0 Å². The van der Waals surface area contributed by atoms with Crippen LogP contribution < -0.4 is 20.9 Å². The Kier molecular flexibility index (Phi) is 4.74. The Hall–Kier alpha value is -3.20. The van der Waals surface area contributed by atoms with Crippen molar-refractivity contribution in [2.45, 2.75) is 38.8 Å². The third-order valence-electron chi connectivity index (χ3n) is 5.63. The molecular weight excluding hydrogens is 382 g/mol. The zero-order chi connectivity index (χ0) is 20.7. The van der Waals surface area contributed by atoms with Gasteiger partial charge in [-0.15, -0.1) is 0 Å². The van der Waals surface area contributed by atoms with Crippen LogP contribution in [0.25, 0.3) is 11.0 Å². The normalized spacial score (nSPS) is 19.2. The molecule has 1 aromatic carbocycles. The smallest absolute Gasteiger partial charge is 0.293 e. The molecule has 3 N–H and O–H groups in total. The van der Waals surface area contributed by atoms with Crippen LogP contribution in [0.5, 0.6) is 5.75 Å². The van der Waals surface area contributed by atoms with Crippen LogP contribution in [0.3, 0.4) is 0 Å². The van der Waals surface area contributed by atoms with Gasteiger partial charge in [-0.25, -0.2) is 9.67 Å². The molecule has 1 atom stereocenters. The average Bonchev–Trinajstić information content (AvgIpc) is 3.09. The van der Waals surface area contributed by atoms with E-state index in [0.29, 0.717) is 42.2 Å². The first kappa shape index (κ1) is 18.8. The fraction of sp³-hybridized carbons (Fsp3) is 0.429. The monoisotopic (exact) mass is 407 g/mol. The minimum absolute atomic E-state index is 0.126. The van der Waals surface area contributed by atoms with Crippen LogP contribution in [0.4, 0.5) is 11.6 Å². The van der Waals surface area contributed by atoms with Gasteiger partial charge in [0, 0.05) is 31.3 Å². The van der Waals surface area contributed by atoms with E-state index in [-0.39, 0.29) is 11.6 Å². The zero-order valence-corrected chi connectivity index (χ0v) is 17.0. The second-order valence-corrected chi connectivity index (χ2v) is 7.92. The first-order valence-corrected chi connectivity index (χ1v) is 10.3. The number of aromatic nitrogens is 4. The van der Waals surface area contributed by atoms with Crippen molar-refractivity contribution in [2.75, 3.05) is 24.6 Å². The van der Waals surface area contributed by atoms with Gasteiger partial charge in [0.05, 0.1) is 18.8 Å². The standard InChI is InChI=1S/C21H25N7O2/c1-13-18-19(25-21(24-18)27-9-4-5-14(22)11-27)20(29)28(26-13)12-15-8-10-30-17-7-3-2-6-16(17)23-15/h2-3,6-7,14H,4-5,8-12,22H2,1H3,(H,24,25). The molecule has 9 heteroatoms. The average molecular weight is 407 g/mol. The summed E-state index contributed by atoms with van der Waals surface area (Å²) in [6.45, 7) is 4.32. The number of rotatable bonds is 3. The lowest BCUT2D eigenvalue weighted by molar-refractivity contribution is 0.332. The number of aliphatic imine (C=N–C) groups is 1. The number of nitrogens with two attached hydrogens (primary N) is 1. The van der Waals surface area contributed by atoms with Crippen LogP contribution in [-0.2, 0) is 6.54 Å². The maximum Gasteiger partial charge on any atom is 0.293 e. The number of imidazole rings is 1. The van der Waals surface area contributed by atoms with Crippen molar-refractivity contribution in [3.8, 4) is 5.75 Å². The second kappa shape index (κ2) is 7.56. The van der Waals surface area contributed by atoms with Crippen LogP contribution in [0, 0.1) is 6.92 Å². The number of aromatic amines is 1. The fourth-order valence-electron chi connectivity index (χ4n) is 4.10. The Morgan fingerprint density at radius 2 is 2.20 bits per heavy atom. The van der Waals surface area contributed by atoms with Gasteiger partial charge < -0.3 is 20.4 Å². The molecule has 0 amide bonds. The zero-order valence-electron chi connectivity index (χ0n) is 17.0. The molecule has 0 radical (unpaired) electrons. The molecule has 0 saturated carbocycles. The van der Waals surface area contributed by atoms with Crippen molar-refractivity contribution in [1.82, 2.24) is 19.7 Å². The number of fused-ring (bicyclic) bond motifs is 2. The quantitative estimate of drug-likeness (QED) is 0.685. The largest absolute Gasteiger partial charge is 0.491 e. The van der Waals surface area contributed by atoms with E-state index in [2.05, 4.69) is 20.0 Å². The lowest BCUT2D eigenvalue weighted by Crippen LogP contribution is -2.43.